The summed E-state index contributed by atoms with van der Waals surface area (Å²) in [7, 11) is 4.92. The van der Waals surface area contributed by atoms with Crippen molar-refractivity contribution in [2.24, 2.45) is 0 Å². The third-order valence-electron chi connectivity index (χ3n) is 3.55. The highest BCUT2D eigenvalue weighted by Crippen LogP contribution is 2.42. The molecule has 1 fully saturated rings. The summed E-state index contributed by atoms with van der Waals surface area (Å²) in [5, 5.41) is 0. The van der Waals surface area contributed by atoms with Gasteiger partial charge in [0.1, 0.15) is 5.82 Å². The van der Waals surface area contributed by atoms with E-state index in [1.807, 2.05) is 6.07 Å². The first-order valence-electron chi connectivity index (χ1n) is 6.14. The minimum Gasteiger partial charge on any atom is -0.384 e. The number of hydrogen-bond donors (Lipinski definition) is 0. The summed E-state index contributed by atoms with van der Waals surface area (Å²) < 4.78 is 15.8. The number of hydrogen-bond acceptors (Lipinski definition) is 5. The number of methoxy groups -OCH3 is 3. The Hall–Kier alpha value is -1.04. The van der Waals surface area contributed by atoms with Crippen LogP contribution in [0.1, 0.15) is 37.1 Å². The van der Waals surface area contributed by atoms with Gasteiger partial charge in [-0.15, -0.1) is 0 Å². The zero-order valence-corrected chi connectivity index (χ0v) is 11.2. The maximum atomic E-state index is 5.31. The normalized spacial score (nSPS) is 17.8. The molecule has 0 bridgehead atoms. The van der Waals surface area contributed by atoms with Gasteiger partial charge in [0.25, 0.3) is 0 Å². The molecule has 100 valence electrons. The number of rotatable bonds is 6. The van der Waals surface area contributed by atoms with Crippen molar-refractivity contribution in [1.29, 1.82) is 0 Å². The maximum absolute atomic E-state index is 5.31. The first-order valence-corrected chi connectivity index (χ1v) is 6.14. The van der Waals surface area contributed by atoms with Gasteiger partial charge in [0.15, 0.2) is 0 Å². The highest BCUT2D eigenvalue weighted by atomic mass is 16.7. The van der Waals surface area contributed by atoms with E-state index >= 15 is 0 Å². The molecule has 5 nitrogen and oxygen atoms in total. The number of aromatic nitrogens is 2. The number of nitrogens with zero attached hydrogens (tertiary/aromatic N) is 2. The highest BCUT2D eigenvalue weighted by molar-refractivity contribution is 5.16. The molecule has 0 amide bonds. The lowest BCUT2D eigenvalue weighted by Gasteiger charge is -2.39. The van der Waals surface area contributed by atoms with Crippen LogP contribution in [0.2, 0.25) is 0 Å². The topological polar surface area (TPSA) is 53.5 Å². The van der Waals surface area contributed by atoms with Crippen LogP contribution in [0.3, 0.4) is 0 Å². The van der Waals surface area contributed by atoms with Crippen LogP contribution in [0.5, 0.6) is 0 Å². The van der Waals surface area contributed by atoms with Crippen LogP contribution in [-0.4, -0.2) is 37.9 Å². The van der Waals surface area contributed by atoms with Crippen LogP contribution < -0.4 is 0 Å². The van der Waals surface area contributed by atoms with Crippen LogP contribution in [0.15, 0.2) is 12.3 Å². The summed E-state index contributed by atoms with van der Waals surface area (Å²) in [6.45, 7) is 0.668. The molecule has 0 aliphatic heterocycles. The largest absolute Gasteiger partial charge is 0.384 e. The van der Waals surface area contributed by atoms with Crippen molar-refractivity contribution in [1.82, 2.24) is 9.97 Å². The molecule has 18 heavy (non-hydrogen) atoms. The fourth-order valence-electron chi connectivity index (χ4n) is 2.41. The molecular weight excluding hydrogens is 232 g/mol. The van der Waals surface area contributed by atoms with E-state index in [0.29, 0.717) is 6.61 Å². The van der Waals surface area contributed by atoms with Crippen molar-refractivity contribution in [3.63, 3.8) is 0 Å². The second-order valence-corrected chi connectivity index (χ2v) is 4.68. The van der Waals surface area contributed by atoms with E-state index in [0.717, 1.165) is 24.4 Å². The maximum Gasteiger partial charge on any atom is 0.200 e. The van der Waals surface area contributed by atoms with Crippen molar-refractivity contribution < 1.29 is 14.2 Å². The van der Waals surface area contributed by atoms with Crippen molar-refractivity contribution in [2.45, 2.75) is 31.0 Å². The molecule has 0 radical (unpaired) electrons. The molecule has 1 heterocycles. The molecule has 1 aromatic heterocycles. The first-order chi connectivity index (χ1) is 8.75. The van der Waals surface area contributed by atoms with Gasteiger partial charge < -0.3 is 14.2 Å². The summed E-state index contributed by atoms with van der Waals surface area (Å²) in [5.41, 5.74) is 0.740. The van der Waals surface area contributed by atoms with Gasteiger partial charge in [-0.1, -0.05) is 6.42 Å². The zero-order chi connectivity index (χ0) is 13.0. The highest BCUT2D eigenvalue weighted by Gasteiger charge is 2.41. The lowest BCUT2D eigenvalue weighted by Crippen LogP contribution is -2.40. The number of ether oxygens (including phenoxy) is 3. The fraction of sp³-hybridized carbons (Fsp3) is 0.692. The van der Waals surface area contributed by atoms with E-state index in [1.165, 1.54) is 6.42 Å². The Labute approximate surface area is 107 Å². The minimum atomic E-state index is -0.438. The van der Waals surface area contributed by atoms with Gasteiger partial charge in [0.2, 0.25) is 6.29 Å². The molecule has 2 rings (SSSR count). The second kappa shape index (κ2) is 5.73. The average Bonchev–Trinajstić information content (AvgIpc) is 2.36. The summed E-state index contributed by atoms with van der Waals surface area (Å²) in [5.74, 6) is 0.840. The van der Waals surface area contributed by atoms with E-state index in [2.05, 4.69) is 9.97 Å². The molecule has 1 saturated carbocycles. The lowest BCUT2D eigenvalue weighted by atomic mass is 9.68. The Morgan fingerprint density at radius 3 is 2.50 bits per heavy atom. The fourth-order valence-corrected chi connectivity index (χ4v) is 2.41. The SMILES string of the molecule is COCC1(c2nccc(C(OC)OC)n2)CCC1. The van der Waals surface area contributed by atoms with Crippen molar-refractivity contribution in [3.8, 4) is 0 Å². The van der Waals surface area contributed by atoms with Crippen molar-refractivity contribution in [3.05, 3.63) is 23.8 Å². The average molecular weight is 252 g/mol. The van der Waals surface area contributed by atoms with Crippen LogP contribution >= 0.6 is 0 Å². The van der Waals surface area contributed by atoms with Crippen molar-refractivity contribution >= 4 is 0 Å². The molecule has 0 spiro atoms. The van der Waals surface area contributed by atoms with Gasteiger partial charge in [-0.3, -0.25) is 0 Å². The molecule has 1 aliphatic carbocycles. The van der Waals surface area contributed by atoms with E-state index in [1.54, 1.807) is 27.5 Å². The summed E-state index contributed by atoms with van der Waals surface area (Å²) in [4.78, 5) is 8.99. The molecule has 0 saturated heterocycles. The van der Waals surface area contributed by atoms with Crippen molar-refractivity contribution in [2.75, 3.05) is 27.9 Å². The van der Waals surface area contributed by atoms with Gasteiger partial charge >= 0.3 is 0 Å². The van der Waals surface area contributed by atoms with Crippen LogP contribution in [-0.2, 0) is 19.6 Å². The summed E-state index contributed by atoms with van der Waals surface area (Å²) in [6.07, 6.45) is 4.68. The van der Waals surface area contributed by atoms with Crippen LogP contribution in [0.4, 0.5) is 0 Å². The summed E-state index contributed by atoms with van der Waals surface area (Å²) >= 11 is 0. The van der Waals surface area contributed by atoms with Crippen LogP contribution in [0, 0.1) is 0 Å². The predicted molar refractivity (Wildman–Crippen MR) is 66.2 cm³/mol. The quantitative estimate of drug-likeness (QED) is 0.723. The Morgan fingerprint density at radius 1 is 1.28 bits per heavy atom. The molecule has 0 aromatic carbocycles. The van der Waals surface area contributed by atoms with Gasteiger partial charge in [0, 0.05) is 27.5 Å². The smallest absolute Gasteiger partial charge is 0.200 e. The van der Waals surface area contributed by atoms with E-state index in [9.17, 15) is 0 Å². The molecule has 0 unspecified atom stereocenters. The van der Waals surface area contributed by atoms with Gasteiger partial charge in [-0.2, -0.15) is 0 Å². The Balaban J connectivity index is 2.26. The van der Waals surface area contributed by atoms with Gasteiger partial charge in [-0.25, -0.2) is 9.97 Å². The predicted octanol–water partition coefficient (Wildman–Crippen LogP) is 1.84. The van der Waals surface area contributed by atoms with E-state index in [-0.39, 0.29) is 5.41 Å². The minimum absolute atomic E-state index is 0.0171. The van der Waals surface area contributed by atoms with Crippen LogP contribution in [0.25, 0.3) is 0 Å². The molecule has 1 aromatic rings. The second-order valence-electron chi connectivity index (χ2n) is 4.68. The van der Waals surface area contributed by atoms with Gasteiger partial charge in [-0.05, 0) is 18.9 Å². The lowest BCUT2D eigenvalue weighted by molar-refractivity contribution is -0.109. The third kappa shape index (κ3) is 2.39. The molecule has 5 heteroatoms. The zero-order valence-electron chi connectivity index (χ0n) is 11.2. The monoisotopic (exact) mass is 252 g/mol. The Bertz CT molecular complexity index is 390. The van der Waals surface area contributed by atoms with E-state index in [4.69, 9.17) is 14.2 Å². The summed E-state index contributed by atoms with van der Waals surface area (Å²) in [6, 6.07) is 1.82. The Morgan fingerprint density at radius 2 is 2.00 bits per heavy atom. The first kappa shape index (κ1) is 13.4. The standard InChI is InChI=1S/C13H20N2O3/c1-16-9-13(6-4-7-13)12-14-8-5-10(15-12)11(17-2)18-3/h5,8,11H,4,6-7,9H2,1-3H3. The Kier molecular flexibility index (Phi) is 4.27. The molecule has 1 aliphatic rings. The molecular formula is C13H20N2O3. The molecule has 0 N–H and O–H groups in total. The molecule has 0 atom stereocenters. The third-order valence-corrected chi connectivity index (χ3v) is 3.55. The van der Waals surface area contributed by atoms with Gasteiger partial charge in [0.05, 0.1) is 17.7 Å². The van der Waals surface area contributed by atoms with E-state index < -0.39 is 6.29 Å².